The van der Waals surface area contributed by atoms with Gasteiger partial charge in [0.15, 0.2) is 0 Å². The summed E-state index contributed by atoms with van der Waals surface area (Å²) in [5, 5.41) is 1.07. The first-order chi connectivity index (χ1) is 8.79. The average Bonchev–Trinajstić information content (AvgIpc) is 2.86. The Hall–Kier alpha value is -1.59. The number of pyridine rings is 1. The molecule has 18 heavy (non-hydrogen) atoms. The van der Waals surface area contributed by atoms with Crippen molar-refractivity contribution in [2.45, 2.75) is 6.04 Å². The van der Waals surface area contributed by atoms with Crippen molar-refractivity contribution in [2.75, 3.05) is 38.1 Å². The minimum absolute atomic E-state index is 0.316. The summed E-state index contributed by atoms with van der Waals surface area (Å²) < 4.78 is 5.43. The average molecular weight is 246 g/mol. The van der Waals surface area contributed by atoms with Gasteiger partial charge in [0.25, 0.3) is 0 Å². The quantitative estimate of drug-likeness (QED) is 0.853. The molecule has 0 bridgehead atoms. The van der Waals surface area contributed by atoms with Crippen LogP contribution in [0.1, 0.15) is 0 Å². The van der Waals surface area contributed by atoms with Crippen LogP contribution in [0.5, 0.6) is 0 Å². The van der Waals surface area contributed by atoms with E-state index in [1.54, 1.807) is 12.5 Å². The summed E-state index contributed by atoms with van der Waals surface area (Å²) in [5.41, 5.74) is 6.78. The molecule has 0 spiro atoms. The van der Waals surface area contributed by atoms with Crippen molar-refractivity contribution in [1.29, 1.82) is 0 Å². The van der Waals surface area contributed by atoms with E-state index in [1.165, 1.54) is 0 Å². The second-order valence-electron chi connectivity index (χ2n) is 4.81. The number of aromatic nitrogens is 1. The number of furan rings is 1. The number of nitrogens with zero attached hydrogens (tertiary/aromatic N) is 3. The molecule has 2 N–H and O–H groups in total. The molecule has 0 saturated carbocycles. The molecule has 1 atom stereocenters. The molecule has 5 heteroatoms. The minimum atomic E-state index is 0.316. The summed E-state index contributed by atoms with van der Waals surface area (Å²) in [7, 11) is 2.13. The number of fused-ring (bicyclic) bond motifs is 1. The Morgan fingerprint density at radius 3 is 3.17 bits per heavy atom. The van der Waals surface area contributed by atoms with Gasteiger partial charge < -0.3 is 20.0 Å². The Labute approximate surface area is 106 Å². The van der Waals surface area contributed by atoms with Crippen LogP contribution in [0.25, 0.3) is 11.0 Å². The van der Waals surface area contributed by atoms with Crippen molar-refractivity contribution in [1.82, 2.24) is 9.88 Å². The number of piperazine rings is 1. The van der Waals surface area contributed by atoms with Gasteiger partial charge in [-0.2, -0.15) is 0 Å². The standard InChI is InChI=1S/C13H18N4O/c1-16-5-6-17(10(8-14)9-16)13-11-3-7-18-12(11)2-4-15-13/h2-4,7,10H,5-6,8-9,14H2,1H3. The largest absolute Gasteiger partial charge is 0.464 e. The van der Waals surface area contributed by atoms with Crippen LogP contribution < -0.4 is 10.6 Å². The van der Waals surface area contributed by atoms with E-state index in [9.17, 15) is 0 Å². The summed E-state index contributed by atoms with van der Waals surface area (Å²) in [6.07, 6.45) is 3.51. The third-order valence-corrected chi connectivity index (χ3v) is 3.59. The molecule has 3 rings (SSSR count). The monoisotopic (exact) mass is 246 g/mol. The van der Waals surface area contributed by atoms with Gasteiger partial charge >= 0.3 is 0 Å². The van der Waals surface area contributed by atoms with E-state index in [2.05, 4.69) is 21.8 Å². The summed E-state index contributed by atoms with van der Waals surface area (Å²) in [4.78, 5) is 9.13. The molecule has 1 fully saturated rings. The van der Waals surface area contributed by atoms with Crippen LogP contribution in [-0.2, 0) is 0 Å². The molecule has 1 aliphatic heterocycles. The lowest BCUT2D eigenvalue weighted by Gasteiger charge is -2.40. The molecule has 96 valence electrons. The lowest BCUT2D eigenvalue weighted by molar-refractivity contribution is 0.269. The smallest absolute Gasteiger partial charge is 0.140 e. The van der Waals surface area contributed by atoms with E-state index >= 15 is 0 Å². The molecular formula is C13H18N4O. The molecule has 1 aliphatic rings. The van der Waals surface area contributed by atoms with Crippen molar-refractivity contribution < 1.29 is 4.42 Å². The Balaban J connectivity index is 2.00. The highest BCUT2D eigenvalue weighted by atomic mass is 16.3. The van der Waals surface area contributed by atoms with Crippen LogP contribution in [0.2, 0.25) is 0 Å². The van der Waals surface area contributed by atoms with Crippen LogP contribution in [0.3, 0.4) is 0 Å². The fourth-order valence-corrected chi connectivity index (χ4v) is 2.60. The molecular weight excluding hydrogens is 228 g/mol. The van der Waals surface area contributed by atoms with Crippen molar-refractivity contribution >= 4 is 16.8 Å². The lowest BCUT2D eigenvalue weighted by Crippen LogP contribution is -2.55. The van der Waals surface area contributed by atoms with Gasteiger partial charge in [0.2, 0.25) is 0 Å². The minimum Gasteiger partial charge on any atom is -0.464 e. The van der Waals surface area contributed by atoms with E-state index < -0.39 is 0 Å². The van der Waals surface area contributed by atoms with Gasteiger partial charge in [0, 0.05) is 32.4 Å². The van der Waals surface area contributed by atoms with E-state index in [1.807, 2.05) is 12.1 Å². The molecule has 2 aromatic heterocycles. The second kappa shape index (κ2) is 4.59. The molecule has 0 aromatic carbocycles. The molecule has 0 radical (unpaired) electrons. The Bertz CT molecular complexity index is 539. The van der Waals surface area contributed by atoms with Crippen LogP contribution in [0.4, 0.5) is 5.82 Å². The van der Waals surface area contributed by atoms with Crippen LogP contribution in [-0.4, -0.2) is 49.2 Å². The lowest BCUT2D eigenvalue weighted by atomic mass is 10.1. The zero-order chi connectivity index (χ0) is 12.5. The predicted molar refractivity (Wildman–Crippen MR) is 71.7 cm³/mol. The zero-order valence-corrected chi connectivity index (χ0v) is 10.5. The van der Waals surface area contributed by atoms with Crippen molar-refractivity contribution in [3.05, 3.63) is 24.6 Å². The SMILES string of the molecule is CN1CCN(c2nccc3occc23)C(CN)C1. The highest BCUT2D eigenvalue weighted by molar-refractivity contribution is 5.88. The fraction of sp³-hybridized carbons (Fsp3) is 0.462. The molecule has 0 aliphatic carbocycles. The Morgan fingerprint density at radius 2 is 2.33 bits per heavy atom. The maximum Gasteiger partial charge on any atom is 0.140 e. The predicted octanol–water partition coefficient (Wildman–Crippen LogP) is 0.907. The van der Waals surface area contributed by atoms with Crippen molar-refractivity contribution in [3.8, 4) is 0 Å². The van der Waals surface area contributed by atoms with Crippen molar-refractivity contribution in [2.24, 2.45) is 5.73 Å². The van der Waals surface area contributed by atoms with Crippen LogP contribution >= 0.6 is 0 Å². The van der Waals surface area contributed by atoms with E-state index in [0.717, 1.165) is 36.4 Å². The molecule has 1 unspecified atom stereocenters. The van der Waals surface area contributed by atoms with E-state index in [-0.39, 0.29) is 0 Å². The molecule has 1 saturated heterocycles. The summed E-state index contributed by atoms with van der Waals surface area (Å²) in [6.45, 7) is 3.61. The summed E-state index contributed by atoms with van der Waals surface area (Å²) in [5.74, 6) is 0.991. The first kappa shape index (κ1) is 11.5. The normalized spacial score (nSPS) is 21.7. The molecule has 3 heterocycles. The van der Waals surface area contributed by atoms with E-state index in [4.69, 9.17) is 10.2 Å². The third kappa shape index (κ3) is 1.85. The van der Waals surface area contributed by atoms with Gasteiger partial charge in [-0.25, -0.2) is 4.98 Å². The van der Waals surface area contributed by atoms with Gasteiger partial charge in [-0.05, 0) is 19.2 Å². The van der Waals surface area contributed by atoms with Gasteiger partial charge in [-0.15, -0.1) is 0 Å². The molecule has 5 nitrogen and oxygen atoms in total. The summed E-state index contributed by atoms with van der Waals surface area (Å²) >= 11 is 0. The number of hydrogen-bond donors (Lipinski definition) is 1. The van der Waals surface area contributed by atoms with Gasteiger partial charge in [-0.1, -0.05) is 0 Å². The first-order valence-corrected chi connectivity index (χ1v) is 6.27. The maximum atomic E-state index is 5.89. The third-order valence-electron chi connectivity index (χ3n) is 3.59. The number of nitrogens with two attached hydrogens (primary N) is 1. The summed E-state index contributed by atoms with van der Waals surface area (Å²) in [6, 6.07) is 4.19. The van der Waals surface area contributed by atoms with Gasteiger partial charge in [0.1, 0.15) is 11.4 Å². The molecule has 0 amide bonds. The fourth-order valence-electron chi connectivity index (χ4n) is 2.60. The number of rotatable bonds is 2. The molecule has 2 aromatic rings. The zero-order valence-electron chi connectivity index (χ0n) is 10.5. The van der Waals surface area contributed by atoms with Gasteiger partial charge in [0.05, 0.1) is 17.7 Å². The number of likely N-dealkylation sites (N-methyl/N-ethyl adjacent to an activating group) is 1. The first-order valence-electron chi connectivity index (χ1n) is 6.27. The highest BCUT2D eigenvalue weighted by Crippen LogP contribution is 2.27. The van der Waals surface area contributed by atoms with Crippen LogP contribution in [0, 0.1) is 0 Å². The Kier molecular flexibility index (Phi) is 2.93. The van der Waals surface area contributed by atoms with E-state index in [0.29, 0.717) is 12.6 Å². The Morgan fingerprint density at radius 1 is 1.44 bits per heavy atom. The van der Waals surface area contributed by atoms with Gasteiger partial charge in [-0.3, -0.25) is 0 Å². The van der Waals surface area contributed by atoms with Crippen molar-refractivity contribution in [3.63, 3.8) is 0 Å². The second-order valence-corrected chi connectivity index (χ2v) is 4.81. The topological polar surface area (TPSA) is 58.5 Å². The number of anilines is 1. The highest BCUT2D eigenvalue weighted by Gasteiger charge is 2.26. The maximum absolute atomic E-state index is 5.89. The van der Waals surface area contributed by atoms with Crippen LogP contribution in [0.15, 0.2) is 29.0 Å². The number of hydrogen-bond acceptors (Lipinski definition) is 5.